The third kappa shape index (κ3) is 4.32. The predicted molar refractivity (Wildman–Crippen MR) is 94.4 cm³/mol. The van der Waals surface area contributed by atoms with E-state index in [-0.39, 0.29) is 22.1 Å². The van der Waals surface area contributed by atoms with E-state index in [0.717, 1.165) is 10.4 Å². The van der Waals surface area contributed by atoms with Gasteiger partial charge >= 0.3 is 5.97 Å². The molecule has 2 rings (SSSR count). The molecule has 0 aromatic heterocycles. The van der Waals surface area contributed by atoms with Gasteiger partial charge in [-0.15, -0.1) is 0 Å². The number of nitrogens with zero attached hydrogens (tertiary/aromatic N) is 1. The molecule has 0 atom stereocenters. The molecule has 0 unspecified atom stereocenters. The number of sulfonamides is 1. The van der Waals surface area contributed by atoms with Crippen molar-refractivity contribution in [3.8, 4) is 5.75 Å². The highest BCUT2D eigenvalue weighted by atomic mass is 35.5. The Hall–Kier alpha value is -2.16. The molecule has 2 aromatic rings. The number of hydrogen-bond acceptors (Lipinski definition) is 5. The lowest BCUT2D eigenvalue weighted by Gasteiger charge is -2.13. The lowest BCUT2D eigenvalue weighted by molar-refractivity contribution is 0.0469. The fourth-order valence-corrected chi connectivity index (χ4v) is 3.24. The van der Waals surface area contributed by atoms with Crippen LogP contribution in [0.5, 0.6) is 5.75 Å². The van der Waals surface area contributed by atoms with Crippen molar-refractivity contribution in [3.05, 3.63) is 58.4 Å². The van der Waals surface area contributed by atoms with Gasteiger partial charge in [-0.05, 0) is 36.4 Å². The molecule has 0 N–H and O–H groups in total. The number of halogens is 2. The first-order valence-electron chi connectivity index (χ1n) is 7.38. The molecule has 140 valence electrons. The Bertz CT molecular complexity index is 931. The second-order valence-corrected chi connectivity index (χ2v) is 8.02. The van der Waals surface area contributed by atoms with Crippen LogP contribution in [0, 0.1) is 5.82 Å². The van der Waals surface area contributed by atoms with E-state index >= 15 is 0 Å². The molecule has 0 fully saturated rings. The van der Waals surface area contributed by atoms with E-state index in [4.69, 9.17) is 21.1 Å². The lowest BCUT2D eigenvalue weighted by Crippen LogP contribution is -2.22. The number of methoxy groups -OCH3 is 1. The predicted octanol–water partition coefficient (Wildman–Crippen LogP) is 3.10. The third-order valence-electron chi connectivity index (χ3n) is 3.54. The second kappa shape index (κ2) is 8.03. The van der Waals surface area contributed by atoms with Gasteiger partial charge in [0.25, 0.3) is 0 Å². The van der Waals surface area contributed by atoms with Crippen molar-refractivity contribution in [2.45, 2.75) is 11.5 Å². The first-order valence-corrected chi connectivity index (χ1v) is 9.20. The highest BCUT2D eigenvalue weighted by Crippen LogP contribution is 2.25. The summed E-state index contributed by atoms with van der Waals surface area (Å²) in [5, 5.41) is 0.0407. The Morgan fingerprint density at radius 1 is 1.19 bits per heavy atom. The Labute approximate surface area is 156 Å². The summed E-state index contributed by atoms with van der Waals surface area (Å²) in [4.78, 5) is 12.2. The van der Waals surface area contributed by atoms with E-state index in [0.29, 0.717) is 11.3 Å². The van der Waals surface area contributed by atoms with Crippen molar-refractivity contribution >= 4 is 27.6 Å². The fraction of sp³-hybridized carbons (Fsp3) is 0.235. The third-order valence-corrected chi connectivity index (χ3v) is 5.68. The summed E-state index contributed by atoms with van der Waals surface area (Å²) >= 11 is 5.99. The van der Waals surface area contributed by atoms with Gasteiger partial charge in [0, 0.05) is 19.7 Å². The van der Waals surface area contributed by atoms with Crippen LogP contribution in [0.15, 0.2) is 41.3 Å². The quantitative estimate of drug-likeness (QED) is 0.695. The molecule has 2 aromatic carbocycles. The average molecular weight is 402 g/mol. The van der Waals surface area contributed by atoms with Crippen molar-refractivity contribution in [2.75, 3.05) is 21.2 Å². The maximum Gasteiger partial charge on any atom is 0.340 e. The summed E-state index contributed by atoms with van der Waals surface area (Å²) in [7, 11) is 0.418. The van der Waals surface area contributed by atoms with Crippen molar-refractivity contribution in [1.29, 1.82) is 0 Å². The Morgan fingerprint density at radius 3 is 2.50 bits per heavy atom. The van der Waals surface area contributed by atoms with E-state index in [1.807, 2.05) is 0 Å². The Kier molecular flexibility index (Phi) is 6.22. The maximum absolute atomic E-state index is 13.4. The maximum atomic E-state index is 13.4. The van der Waals surface area contributed by atoms with Gasteiger partial charge in [-0.25, -0.2) is 21.9 Å². The number of benzene rings is 2. The molecule has 0 saturated carbocycles. The topological polar surface area (TPSA) is 72.9 Å². The first-order chi connectivity index (χ1) is 12.2. The van der Waals surface area contributed by atoms with Crippen molar-refractivity contribution in [1.82, 2.24) is 4.31 Å². The minimum Gasteiger partial charge on any atom is -0.496 e. The van der Waals surface area contributed by atoms with Crippen LogP contribution in [-0.4, -0.2) is 39.9 Å². The molecule has 0 aliphatic carbocycles. The zero-order valence-corrected chi connectivity index (χ0v) is 15.9. The zero-order chi connectivity index (χ0) is 19.5. The van der Waals surface area contributed by atoms with Gasteiger partial charge < -0.3 is 9.47 Å². The minimum absolute atomic E-state index is 0.0407. The first kappa shape index (κ1) is 20.2. The molecule has 9 heteroatoms. The molecule has 0 saturated heterocycles. The molecule has 0 radical (unpaired) electrons. The van der Waals surface area contributed by atoms with Gasteiger partial charge in [0.2, 0.25) is 10.0 Å². The standard InChI is InChI=1S/C17H17ClFNO5S/c1-20(2)26(22,23)13-5-6-15(18)14(9-13)17(21)25-10-11-8-12(19)4-7-16(11)24-3/h4-9H,10H2,1-3H3. The minimum atomic E-state index is -3.74. The number of rotatable bonds is 6. The molecule has 0 aliphatic rings. The Morgan fingerprint density at radius 2 is 1.88 bits per heavy atom. The SMILES string of the molecule is COc1ccc(F)cc1COC(=O)c1cc(S(=O)(=O)N(C)C)ccc1Cl. The van der Waals surface area contributed by atoms with E-state index < -0.39 is 21.8 Å². The number of esters is 1. The van der Waals surface area contributed by atoms with Crippen molar-refractivity contribution in [2.24, 2.45) is 0 Å². The van der Waals surface area contributed by atoms with Gasteiger partial charge in [0.05, 0.1) is 22.6 Å². The number of hydrogen-bond donors (Lipinski definition) is 0. The molecule has 0 amide bonds. The number of carbonyl (C=O) groups excluding carboxylic acids is 1. The molecule has 6 nitrogen and oxygen atoms in total. The summed E-state index contributed by atoms with van der Waals surface area (Å²) in [5.74, 6) is -0.986. The normalized spacial score (nSPS) is 11.5. The monoisotopic (exact) mass is 401 g/mol. The van der Waals surface area contributed by atoms with Gasteiger partial charge in [0.1, 0.15) is 18.2 Å². The number of carbonyl (C=O) groups is 1. The van der Waals surface area contributed by atoms with Crippen molar-refractivity contribution in [3.63, 3.8) is 0 Å². The fourth-order valence-electron chi connectivity index (χ4n) is 2.11. The molecule has 0 aliphatic heterocycles. The van der Waals surface area contributed by atoms with Crippen molar-refractivity contribution < 1.29 is 27.1 Å². The lowest BCUT2D eigenvalue weighted by atomic mass is 10.2. The molecular weight excluding hydrogens is 385 g/mol. The Balaban J connectivity index is 2.27. The highest BCUT2D eigenvalue weighted by molar-refractivity contribution is 7.89. The van der Waals surface area contributed by atoms with Crippen LogP contribution in [-0.2, 0) is 21.4 Å². The summed E-state index contributed by atoms with van der Waals surface area (Å²) in [6, 6.07) is 7.55. The van der Waals surface area contributed by atoms with Crippen LogP contribution < -0.4 is 4.74 Å². The summed E-state index contributed by atoms with van der Waals surface area (Å²) in [6.45, 7) is -0.263. The summed E-state index contributed by atoms with van der Waals surface area (Å²) < 4.78 is 49.0. The van der Waals surface area contributed by atoms with Gasteiger partial charge in [0.15, 0.2) is 0 Å². The van der Waals surface area contributed by atoms with Gasteiger partial charge in [-0.3, -0.25) is 0 Å². The van der Waals surface area contributed by atoms with E-state index in [1.54, 1.807) is 0 Å². The average Bonchev–Trinajstić information content (AvgIpc) is 2.59. The smallest absolute Gasteiger partial charge is 0.340 e. The molecule has 0 bridgehead atoms. The van der Waals surface area contributed by atoms with Crippen LogP contribution in [0.3, 0.4) is 0 Å². The molecule has 0 spiro atoms. The molecular formula is C17H17ClFNO5S. The van der Waals surface area contributed by atoms with Crippen LogP contribution in [0.4, 0.5) is 4.39 Å². The second-order valence-electron chi connectivity index (χ2n) is 5.46. The van der Waals surface area contributed by atoms with Gasteiger partial charge in [-0.2, -0.15) is 0 Å². The van der Waals surface area contributed by atoms with Crippen LogP contribution in [0.25, 0.3) is 0 Å². The van der Waals surface area contributed by atoms with E-state index in [9.17, 15) is 17.6 Å². The highest BCUT2D eigenvalue weighted by Gasteiger charge is 2.21. The van der Waals surface area contributed by atoms with Crippen LogP contribution >= 0.6 is 11.6 Å². The van der Waals surface area contributed by atoms with Crippen LogP contribution in [0.2, 0.25) is 5.02 Å². The van der Waals surface area contributed by atoms with Gasteiger partial charge in [-0.1, -0.05) is 11.6 Å². The zero-order valence-electron chi connectivity index (χ0n) is 14.3. The molecule has 0 heterocycles. The largest absolute Gasteiger partial charge is 0.496 e. The van der Waals surface area contributed by atoms with Crippen LogP contribution in [0.1, 0.15) is 15.9 Å². The van der Waals surface area contributed by atoms with E-state index in [1.165, 1.54) is 51.5 Å². The summed E-state index contributed by atoms with van der Waals surface area (Å²) in [6.07, 6.45) is 0. The van der Waals surface area contributed by atoms with E-state index in [2.05, 4.69) is 0 Å². The number of ether oxygens (including phenoxy) is 2. The summed E-state index contributed by atoms with van der Waals surface area (Å²) in [5.41, 5.74) is 0.221. The molecule has 26 heavy (non-hydrogen) atoms.